The number of carbonyl (C=O) groups is 2. The number of hydrogen-bond donors (Lipinski definition) is 1. The molecule has 156 valence electrons. The SMILES string of the molecule is C[C@]12CCC(C=CCCCCN)CC1C(=O)C[C@@H]1[C@H]2CC[C@]2(C)C(=O)CC[C@@H]12. The van der Waals surface area contributed by atoms with Gasteiger partial charge in [0, 0.05) is 24.2 Å². The Morgan fingerprint density at radius 1 is 1.07 bits per heavy atom. The van der Waals surface area contributed by atoms with Crippen LogP contribution in [-0.2, 0) is 9.59 Å². The van der Waals surface area contributed by atoms with Gasteiger partial charge in [-0.25, -0.2) is 0 Å². The molecule has 2 unspecified atom stereocenters. The van der Waals surface area contributed by atoms with E-state index in [4.69, 9.17) is 5.73 Å². The summed E-state index contributed by atoms with van der Waals surface area (Å²) in [6.07, 6.45) is 16.3. The first-order chi connectivity index (χ1) is 13.4. The summed E-state index contributed by atoms with van der Waals surface area (Å²) in [6, 6.07) is 0. The van der Waals surface area contributed by atoms with E-state index in [9.17, 15) is 9.59 Å². The summed E-state index contributed by atoms with van der Waals surface area (Å²) in [4.78, 5) is 25.9. The van der Waals surface area contributed by atoms with Crippen molar-refractivity contribution in [3.8, 4) is 0 Å². The summed E-state index contributed by atoms with van der Waals surface area (Å²) in [6.45, 7) is 5.40. The molecule has 0 spiro atoms. The topological polar surface area (TPSA) is 60.2 Å². The molecule has 0 aromatic heterocycles. The van der Waals surface area contributed by atoms with Crippen molar-refractivity contribution in [3.05, 3.63) is 12.2 Å². The van der Waals surface area contributed by atoms with Crippen molar-refractivity contribution in [1.82, 2.24) is 0 Å². The van der Waals surface area contributed by atoms with E-state index in [0.717, 1.165) is 57.9 Å². The smallest absolute Gasteiger partial charge is 0.139 e. The van der Waals surface area contributed by atoms with E-state index in [2.05, 4.69) is 26.0 Å². The lowest BCUT2D eigenvalue weighted by Crippen LogP contribution is -2.56. The second-order valence-electron chi connectivity index (χ2n) is 10.8. The van der Waals surface area contributed by atoms with Crippen molar-refractivity contribution in [2.24, 2.45) is 46.2 Å². The first kappa shape index (κ1) is 20.3. The summed E-state index contributed by atoms with van der Waals surface area (Å²) >= 11 is 0. The van der Waals surface area contributed by atoms with Gasteiger partial charge in [-0.1, -0.05) is 26.0 Å². The Hall–Kier alpha value is -0.960. The summed E-state index contributed by atoms with van der Waals surface area (Å²) in [5, 5.41) is 0. The monoisotopic (exact) mass is 385 g/mol. The van der Waals surface area contributed by atoms with Crippen LogP contribution in [0.25, 0.3) is 0 Å². The molecule has 4 aliphatic rings. The highest BCUT2D eigenvalue weighted by molar-refractivity contribution is 5.88. The van der Waals surface area contributed by atoms with Crippen molar-refractivity contribution in [3.63, 3.8) is 0 Å². The molecule has 4 fully saturated rings. The van der Waals surface area contributed by atoms with Crippen LogP contribution in [0.2, 0.25) is 0 Å². The normalized spacial score (nSPS) is 45.8. The number of carbonyl (C=O) groups excluding carboxylic acids is 2. The molecule has 0 saturated heterocycles. The Morgan fingerprint density at radius 3 is 2.68 bits per heavy atom. The highest BCUT2D eigenvalue weighted by Crippen LogP contribution is 2.65. The number of unbranched alkanes of at least 4 members (excludes halogenated alkanes) is 2. The number of fused-ring (bicyclic) bond motifs is 5. The van der Waals surface area contributed by atoms with Gasteiger partial charge in [0.25, 0.3) is 0 Å². The molecule has 3 nitrogen and oxygen atoms in total. The predicted octanol–water partition coefficient (Wildman–Crippen LogP) is 5.08. The van der Waals surface area contributed by atoms with Gasteiger partial charge in [0.1, 0.15) is 11.6 Å². The molecule has 4 rings (SSSR count). The first-order valence-corrected chi connectivity index (χ1v) is 11.8. The summed E-state index contributed by atoms with van der Waals surface area (Å²) in [5.41, 5.74) is 5.61. The molecule has 4 aliphatic carbocycles. The minimum atomic E-state index is -0.131. The molecule has 0 radical (unpaired) electrons. The van der Waals surface area contributed by atoms with E-state index in [-0.39, 0.29) is 16.7 Å². The average Bonchev–Trinajstić information content (AvgIpc) is 2.98. The minimum absolute atomic E-state index is 0.131. The lowest BCUT2D eigenvalue weighted by molar-refractivity contribution is -0.157. The third-order valence-electron chi connectivity index (χ3n) is 9.44. The highest BCUT2D eigenvalue weighted by atomic mass is 16.1. The third-order valence-corrected chi connectivity index (χ3v) is 9.44. The van der Waals surface area contributed by atoms with Gasteiger partial charge >= 0.3 is 0 Å². The van der Waals surface area contributed by atoms with E-state index in [1.165, 1.54) is 19.3 Å². The van der Waals surface area contributed by atoms with E-state index in [1.54, 1.807) is 0 Å². The van der Waals surface area contributed by atoms with E-state index in [0.29, 0.717) is 35.2 Å². The predicted molar refractivity (Wildman–Crippen MR) is 113 cm³/mol. The lowest BCUT2D eigenvalue weighted by Gasteiger charge is -2.59. The number of rotatable bonds is 5. The maximum atomic E-state index is 13.3. The second-order valence-corrected chi connectivity index (χ2v) is 10.8. The van der Waals surface area contributed by atoms with Gasteiger partial charge in [0.2, 0.25) is 0 Å². The van der Waals surface area contributed by atoms with Crippen LogP contribution in [0, 0.1) is 40.4 Å². The fourth-order valence-electron chi connectivity index (χ4n) is 7.71. The van der Waals surface area contributed by atoms with Crippen molar-refractivity contribution in [2.45, 2.75) is 84.5 Å². The zero-order valence-electron chi connectivity index (χ0n) is 17.9. The van der Waals surface area contributed by atoms with Gasteiger partial charge in [0.15, 0.2) is 0 Å². The van der Waals surface area contributed by atoms with Crippen molar-refractivity contribution >= 4 is 11.6 Å². The van der Waals surface area contributed by atoms with E-state index < -0.39 is 0 Å². The fraction of sp³-hybridized carbons (Fsp3) is 0.840. The highest BCUT2D eigenvalue weighted by Gasteiger charge is 2.62. The molecule has 2 N–H and O–H groups in total. The number of nitrogens with two attached hydrogens (primary N) is 1. The minimum Gasteiger partial charge on any atom is -0.330 e. The first-order valence-electron chi connectivity index (χ1n) is 11.8. The second kappa shape index (κ2) is 7.70. The van der Waals surface area contributed by atoms with Crippen LogP contribution < -0.4 is 5.73 Å². The van der Waals surface area contributed by atoms with Crippen LogP contribution in [0.1, 0.15) is 84.5 Å². The Balaban J connectivity index is 1.47. The number of Topliss-reactive ketones (excluding diaryl/α,β-unsaturated/α-hetero) is 2. The molecule has 3 heteroatoms. The number of allylic oxidation sites excluding steroid dienone is 2. The molecule has 0 amide bonds. The van der Waals surface area contributed by atoms with Crippen molar-refractivity contribution in [1.29, 1.82) is 0 Å². The number of ketones is 2. The molecular weight excluding hydrogens is 346 g/mol. The van der Waals surface area contributed by atoms with Gasteiger partial charge in [-0.15, -0.1) is 0 Å². The zero-order valence-corrected chi connectivity index (χ0v) is 17.9. The van der Waals surface area contributed by atoms with Crippen LogP contribution in [0.4, 0.5) is 0 Å². The van der Waals surface area contributed by atoms with Crippen molar-refractivity contribution < 1.29 is 9.59 Å². The van der Waals surface area contributed by atoms with Gasteiger partial charge < -0.3 is 5.73 Å². The maximum Gasteiger partial charge on any atom is 0.139 e. The molecule has 7 atom stereocenters. The zero-order chi connectivity index (χ0) is 19.9. The summed E-state index contributed by atoms with van der Waals surface area (Å²) in [5.74, 6) is 3.35. The third kappa shape index (κ3) is 3.22. The average molecular weight is 386 g/mol. The van der Waals surface area contributed by atoms with Gasteiger partial charge in [-0.2, -0.15) is 0 Å². The van der Waals surface area contributed by atoms with Gasteiger partial charge in [-0.05, 0) is 93.4 Å². The quantitative estimate of drug-likeness (QED) is 0.530. The Morgan fingerprint density at radius 2 is 1.89 bits per heavy atom. The van der Waals surface area contributed by atoms with Gasteiger partial charge in [0.05, 0.1) is 0 Å². The molecule has 0 aliphatic heterocycles. The Labute approximate surface area is 170 Å². The van der Waals surface area contributed by atoms with Crippen LogP contribution in [0.3, 0.4) is 0 Å². The largest absolute Gasteiger partial charge is 0.330 e. The Bertz CT molecular complexity index is 655. The molecule has 4 saturated carbocycles. The fourth-order valence-corrected chi connectivity index (χ4v) is 7.71. The molecule has 28 heavy (non-hydrogen) atoms. The molecule has 0 bridgehead atoms. The summed E-state index contributed by atoms with van der Waals surface area (Å²) in [7, 11) is 0. The number of hydrogen-bond acceptors (Lipinski definition) is 3. The van der Waals surface area contributed by atoms with Crippen LogP contribution in [0.15, 0.2) is 12.2 Å². The lowest BCUT2D eigenvalue weighted by atomic mass is 9.44. The van der Waals surface area contributed by atoms with E-state index in [1.807, 2.05) is 0 Å². The van der Waals surface area contributed by atoms with E-state index >= 15 is 0 Å². The van der Waals surface area contributed by atoms with Crippen LogP contribution >= 0.6 is 0 Å². The molecule has 0 aromatic carbocycles. The van der Waals surface area contributed by atoms with Gasteiger partial charge in [-0.3, -0.25) is 9.59 Å². The standard InChI is InChI=1S/C25H39NO2/c1-24-12-10-17(7-5-3-4-6-14-26)15-21(24)22(27)16-18-19-8-9-23(28)25(19,2)13-11-20(18)24/h5,7,17-21H,3-4,6,8-16,26H2,1-2H3/t17?,18-,19-,20+,21?,24+,25-/m0/s1. The molecule has 0 heterocycles. The summed E-state index contributed by atoms with van der Waals surface area (Å²) < 4.78 is 0. The Kier molecular flexibility index (Phi) is 5.59. The maximum absolute atomic E-state index is 13.3. The van der Waals surface area contributed by atoms with Crippen LogP contribution in [-0.4, -0.2) is 18.1 Å². The van der Waals surface area contributed by atoms with Crippen LogP contribution in [0.5, 0.6) is 0 Å². The molecular formula is C25H39NO2. The molecule has 0 aromatic rings. The van der Waals surface area contributed by atoms with Crippen molar-refractivity contribution in [2.75, 3.05) is 6.54 Å².